The zero-order valence-corrected chi connectivity index (χ0v) is 10.5. The van der Waals surface area contributed by atoms with Crippen molar-refractivity contribution < 1.29 is 9.53 Å². The normalized spacial score (nSPS) is 9.47. The Bertz CT molecular complexity index is 307. The van der Waals surface area contributed by atoms with Crippen molar-refractivity contribution in [1.29, 1.82) is 0 Å². The maximum absolute atomic E-state index is 11.2. The van der Waals surface area contributed by atoms with Gasteiger partial charge in [0.2, 0.25) is 5.91 Å². The standard InChI is InChI=1S/C12H18N2O2.ClH/c13-7-8-14-12(15)6-9-16-10-11-4-2-1-3-5-11;/h1-5H,6-10,13H2,(H,14,15);1H. The summed E-state index contributed by atoms with van der Waals surface area (Å²) in [5, 5.41) is 2.69. The predicted octanol–water partition coefficient (Wildman–Crippen LogP) is 1.09. The van der Waals surface area contributed by atoms with E-state index in [0.29, 0.717) is 32.7 Å². The zero-order valence-electron chi connectivity index (χ0n) is 9.72. The van der Waals surface area contributed by atoms with Crippen LogP contribution >= 0.6 is 12.4 Å². The molecular formula is C12H19ClN2O2. The van der Waals surface area contributed by atoms with Crippen LogP contribution in [0, 0.1) is 0 Å². The summed E-state index contributed by atoms with van der Waals surface area (Å²) >= 11 is 0. The number of carbonyl (C=O) groups is 1. The Labute approximate surface area is 108 Å². The molecule has 0 aliphatic carbocycles. The average molecular weight is 259 g/mol. The molecule has 0 radical (unpaired) electrons. The van der Waals surface area contributed by atoms with Crippen LogP contribution in [0.5, 0.6) is 0 Å². The van der Waals surface area contributed by atoms with E-state index >= 15 is 0 Å². The van der Waals surface area contributed by atoms with Gasteiger partial charge in [0.1, 0.15) is 0 Å². The third-order valence-corrected chi connectivity index (χ3v) is 2.05. The molecule has 1 rings (SSSR count). The maximum atomic E-state index is 11.2. The highest BCUT2D eigenvalue weighted by molar-refractivity contribution is 5.85. The van der Waals surface area contributed by atoms with E-state index in [-0.39, 0.29) is 18.3 Å². The number of ether oxygens (including phenoxy) is 1. The van der Waals surface area contributed by atoms with Crippen LogP contribution in [-0.4, -0.2) is 25.6 Å². The van der Waals surface area contributed by atoms with Crippen LogP contribution in [0.3, 0.4) is 0 Å². The molecule has 0 aliphatic rings. The largest absolute Gasteiger partial charge is 0.376 e. The Kier molecular flexibility index (Phi) is 9.43. The molecule has 96 valence electrons. The number of hydrogen-bond acceptors (Lipinski definition) is 3. The highest BCUT2D eigenvalue weighted by Crippen LogP contribution is 2.00. The van der Waals surface area contributed by atoms with Gasteiger partial charge in [0.15, 0.2) is 0 Å². The molecule has 5 heteroatoms. The minimum absolute atomic E-state index is 0. The lowest BCUT2D eigenvalue weighted by atomic mass is 10.2. The SMILES string of the molecule is Cl.NCCNC(=O)CCOCc1ccccc1. The molecule has 1 aromatic carbocycles. The van der Waals surface area contributed by atoms with Gasteiger partial charge >= 0.3 is 0 Å². The summed E-state index contributed by atoms with van der Waals surface area (Å²) in [5.74, 6) is -0.0153. The molecule has 0 bridgehead atoms. The number of hydrogen-bond donors (Lipinski definition) is 2. The second-order valence-electron chi connectivity index (χ2n) is 3.43. The smallest absolute Gasteiger partial charge is 0.222 e. The highest BCUT2D eigenvalue weighted by atomic mass is 35.5. The molecule has 0 unspecified atom stereocenters. The Morgan fingerprint density at radius 1 is 1.29 bits per heavy atom. The van der Waals surface area contributed by atoms with E-state index < -0.39 is 0 Å². The second kappa shape index (κ2) is 10.1. The minimum atomic E-state index is -0.0153. The number of amides is 1. The van der Waals surface area contributed by atoms with E-state index in [1.807, 2.05) is 30.3 Å². The van der Waals surface area contributed by atoms with Crippen LogP contribution in [0.25, 0.3) is 0 Å². The van der Waals surface area contributed by atoms with Crippen LogP contribution in [0.15, 0.2) is 30.3 Å². The fourth-order valence-electron chi connectivity index (χ4n) is 1.23. The molecule has 0 saturated heterocycles. The highest BCUT2D eigenvalue weighted by Gasteiger charge is 1.99. The van der Waals surface area contributed by atoms with Gasteiger partial charge in [0.05, 0.1) is 13.2 Å². The lowest BCUT2D eigenvalue weighted by molar-refractivity contribution is -0.122. The van der Waals surface area contributed by atoms with Gasteiger partial charge in [-0.3, -0.25) is 4.79 Å². The van der Waals surface area contributed by atoms with Crippen molar-refractivity contribution in [3.05, 3.63) is 35.9 Å². The van der Waals surface area contributed by atoms with Crippen molar-refractivity contribution in [3.8, 4) is 0 Å². The number of nitrogens with two attached hydrogens (primary N) is 1. The number of carbonyl (C=O) groups excluding carboxylic acids is 1. The van der Waals surface area contributed by atoms with E-state index in [9.17, 15) is 4.79 Å². The number of rotatable bonds is 7. The van der Waals surface area contributed by atoms with Crippen LogP contribution < -0.4 is 11.1 Å². The van der Waals surface area contributed by atoms with Crippen LogP contribution in [0.1, 0.15) is 12.0 Å². The van der Waals surface area contributed by atoms with Crippen molar-refractivity contribution in [2.24, 2.45) is 5.73 Å². The van der Waals surface area contributed by atoms with Crippen molar-refractivity contribution in [2.45, 2.75) is 13.0 Å². The van der Waals surface area contributed by atoms with E-state index in [1.165, 1.54) is 0 Å². The molecule has 3 N–H and O–H groups in total. The van der Waals surface area contributed by atoms with Crippen molar-refractivity contribution in [2.75, 3.05) is 19.7 Å². The van der Waals surface area contributed by atoms with Crippen molar-refractivity contribution in [1.82, 2.24) is 5.32 Å². The van der Waals surface area contributed by atoms with Gasteiger partial charge < -0.3 is 15.8 Å². The summed E-state index contributed by atoms with van der Waals surface area (Å²) < 4.78 is 5.38. The van der Waals surface area contributed by atoms with Crippen LogP contribution in [0.4, 0.5) is 0 Å². The zero-order chi connectivity index (χ0) is 11.6. The molecule has 4 nitrogen and oxygen atoms in total. The lowest BCUT2D eigenvalue weighted by Gasteiger charge is -2.05. The molecule has 0 aromatic heterocycles. The number of halogens is 1. The molecule has 1 aromatic rings. The van der Waals surface area contributed by atoms with E-state index in [0.717, 1.165) is 5.56 Å². The monoisotopic (exact) mass is 258 g/mol. The van der Waals surface area contributed by atoms with E-state index in [1.54, 1.807) is 0 Å². The van der Waals surface area contributed by atoms with Crippen LogP contribution in [0.2, 0.25) is 0 Å². The topological polar surface area (TPSA) is 64.3 Å². The Morgan fingerprint density at radius 3 is 2.65 bits per heavy atom. The first-order valence-electron chi connectivity index (χ1n) is 5.41. The molecule has 0 saturated carbocycles. The van der Waals surface area contributed by atoms with E-state index in [4.69, 9.17) is 10.5 Å². The van der Waals surface area contributed by atoms with Crippen molar-refractivity contribution >= 4 is 18.3 Å². The van der Waals surface area contributed by atoms with Gasteiger partial charge in [0, 0.05) is 19.5 Å². The summed E-state index contributed by atoms with van der Waals surface area (Å²) in [6.07, 6.45) is 0.382. The summed E-state index contributed by atoms with van der Waals surface area (Å²) in [5.41, 5.74) is 6.38. The lowest BCUT2D eigenvalue weighted by Crippen LogP contribution is -2.29. The maximum Gasteiger partial charge on any atom is 0.222 e. The van der Waals surface area contributed by atoms with Gasteiger partial charge in [-0.25, -0.2) is 0 Å². The summed E-state index contributed by atoms with van der Waals surface area (Å²) in [7, 11) is 0. The Balaban J connectivity index is 0.00000256. The van der Waals surface area contributed by atoms with Gasteiger partial charge in [-0.1, -0.05) is 30.3 Å². The van der Waals surface area contributed by atoms with Gasteiger partial charge in [0.25, 0.3) is 0 Å². The van der Waals surface area contributed by atoms with Gasteiger partial charge in [-0.05, 0) is 5.56 Å². The Morgan fingerprint density at radius 2 is 2.00 bits per heavy atom. The average Bonchev–Trinajstić information content (AvgIpc) is 2.33. The minimum Gasteiger partial charge on any atom is -0.376 e. The van der Waals surface area contributed by atoms with Gasteiger partial charge in [-0.15, -0.1) is 12.4 Å². The third-order valence-electron chi connectivity index (χ3n) is 2.05. The molecular weight excluding hydrogens is 240 g/mol. The molecule has 0 spiro atoms. The fourth-order valence-corrected chi connectivity index (χ4v) is 1.23. The molecule has 1 amide bonds. The first-order chi connectivity index (χ1) is 7.83. The summed E-state index contributed by atoms with van der Waals surface area (Å²) in [6.45, 7) is 1.98. The molecule has 0 heterocycles. The number of benzene rings is 1. The first kappa shape index (κ1) is 15.9. The number of nitrogens with one attached hydrogen (secondary N) is 1. The molecule has 17 heavy (non-hydrogen) atoms. The van der Waals surface area contributed by atoms with Crippen LogP contribution in [-0.2, 0) is 16.1 Å². The quantitative estimate of drug-likeness (QED) is 0.720. The second-order valence-corrected chi connectivity index (χ2v) is 3.43. The van der Waals surface area contributed by atoms with Crippen molar-refractivity contribution in [3.63, 3.8) is 0 Å². The first-order valence-corrected chi connectivity index (χ1v) is 5.41. The fraction of sp³-hybridized carbons (Fsp3) is 0.417. The third kappa shape index (κ3) is 7.74. The summed E-state index contributed by atoms with van der Waals surface area (Å²) in [6, 6.07) is 9.88. The molecule has 0 atom stereocenters. The Hall–Kier alpha value is -1.10. The molecule has 0 fully saturated rings. The summed E-state index contributed by atoms with van der Waals surface area (Å²) in [4.78, 5) is 11.2. The van der Waals surface area contributed by atoms with Gasteiger partial charge in [-0.2, -0.15) is 0 Å². The predicted molar refractivity (Wildman–Crippen MR) is 70.0 cm³/mol. The van der Waals surface area contributed by atoms with E-state index in [2.05, 4.69) is 5.32 Å². The molecule has 0 aliphatic heterocycles.